The number of thioether (sulfide) groups is 1. The fraction of sp³-hybridized carbons (Fsp3) is 0.667. The van der Waals surface area contributed by atoms with E-state index in [1.165, 1.54) is 16.2 Å². The summed E-state index contributed by atoms with van der Waals surface area (Å²) in [6.07, 6.45) is 4.60. The normalized spacial score (nSPS) is 13.0. The minimum absolute atomic E-state index is 0.770. The van der Waals surface area contributed by atoms with Crippen molar-refractivity contribution in [2.24, 2.45) is 0 Å². The molecule has 1 heterocycles. The third-order valence-electron chi connectivity index (χ3n) is 2.50. The van der Waals surface area contributed by atoms with Gasteiger partial charge in [-0.3, -0.25) is 0 Å². The molecule has 0 aliphatic rings. The van der Waals surface area contributed by atoms with Crippen LogP contribution in [0.25, 0.3) is 0 Å². The fourth-order valence-corrected chi connectivity index (χ4v) is 2.62. The Morgan fingerprint density at radius 2 is 2.13 bits per heavy atom. The maximum Gasteiger partial charge on any atom is 0.0299 e. The van der Waals surface area contributed by atoms with E-state index in [9.17, 15) is 0 Å². The van der Waals surface area contributed by atoms with Crippen molar-refractivity contribution in [3.63, 3.8) is 0 Å². The van der Waals surface area contributed by atoms with Gasteiger partial charge in [-0.25, -0.2) is 0 Å². The quantitative estimate of drug-likeness (QED) is 0.735. The lowest BCUT2D eigenvalue weighted by atomic mass is 10.3. The molecule has 1 aromatic rings. The number of nitrogens with one attached hydrogen (secondary N) is 1. The standard InChI is InChI=1S/C12H21NS2/c1-4-11-5-6-12(15-11)9-13-8-7-10(2)14-3/h5-6,10,13H,4,7-9H2,1-3H3. The van der Waals surface area contributed by atoms with Crippen molar-refractivity contribution in [1.29, 1.82) is 0 Å². The highest BCUT2D eigenvalue weighted by molar-refractivity contribution is 7.99. The summed E-state index contributed by atoms with van der Waals surface area (Å²) in [5.74, 6) is 0. The monoisotopic (exact) mass is 243 g/mol. The van der Waals surface area contributed by atoms with Crippen LogP contribution in [0.2, 0.25) is 0 Å². The summed E-state index contributed by atoms with van der Waals surface area (Å²) in [5.41, 5.74) is 0. The zero-order chi connectivity index (χ0) is 11.1. The van der Waals surface area contributed by atoms with Gasteiger partial charge in [-0.2, -0.15) is 11.8 Å². The molecule has 86 valence electrons. The molecule has 0 amide bonds. The fourth-order valence-electron chi connectivity index (χ4n) is 1.34. The minimum atomic E-state index is 0.770. The van der Waals surface area contributed by atoms with E-state index >= 15 is 0 Å². The van der Waals surface area contributed by atoms with E-state index in [1.54, 1.807) is 0 Å². The van der Waals surface area contributed by atoms with Crippen molar-refractivity contribution < 1.29 is 0 Å². The van der Waals surface area contributed by atoms with E-state index in [1.807, 2.05) is 23.1 Å². The summed E-state index contributed by atoms with van der Waals surface area (Å²) < 4.78 is 0. The SMILES string of the molecule is CCc1ccc(CNCCC(C)SC)s1. The Kier molecular flexibility index (Phi) is 6.37. The van der Waals surface area contributed by atoms with E-state index in [0.29, 0.717) is 0 Å². The predicted molar refractivity (Wildman–Crippen MR) is 73.0 cm³/mol. The molecule has 0 saturated heterocycles. The Morgan fingerprint density at radius 3 is 2.73 bits per heavy atom. The molecule has 0 bridgehead atoms. The van der Waals surface area contributed by atoms with Crippen LogP contribution in [0, 0.1) is 0 Å². The van der Waals surface area contributed by atoms with E-state index < -0.39 is 0 Å². The molecule has 3 heteroatoms. The molecule has 0 aliphatic heterocycles. The van der Waals surface area contributed by atoms with Crippen LogP contribution in [0.5, 0.6) is 0 Å². The summed E-state index contributed by atoms with van der Waals surface area (Å²) in [5, 5.41) is 4.27. The Morgan fingerprint density at radius 1 is 1.40 bits per heavy atom. The molecule has 0 fully saturated rings. The summed E-state index contributed by atoms with van der Waals surface area (Å²) in [6.45, 7) is 6.66. The van der Waals surface area contributed by atoms with Gasteiger partial charge in [0.05, 0.1) is 0 Å². The first-order valence-electron chi connectivity index (χ1n) is 5.57. The number of hydrogen-bond donors (Lipinski definition) is 1. The van der Waals surface area contributed by atoms with Crippen molar-refractivity contribution in [1.82, 2.24) is 5.32 Å². The van der Waals surface area contributed by atoms with Crippen molar-refractivity contribution in [2.45, 2.75) is 38.5 Å². The first-order valence-corrected chi connectivity index (χ1v) is 7.67. The van der Waals surface area contributed by atoms with Crippen molar-refractivity contribution in [3.8, 4) is 0 Å². The molecule has 1 nitrogen and oxygen atoms in total. The zero-order valence-electron chi connectivity index (χ0n) is 9.88. The Hall–Kier alpha value is 0.01000. The lowest BCUT2D eigenvalue weighted by Gasteiger charge is -2.08. The minimum Gasteiger partial charge on any atom is -0.312 e. The van der Waals surface area contributed by atoms with Gasteiger partial charge in [-0.1, -0.05) is 13.8 Å². The molecule has 0 spiro atoms. The van der Waals surface area contributed by atoms with Gasteiger partial charge in [-0.15, -0.1) is 11.3 Å². The first kappa shape index (κ1) is 13.1. The second-order valence-corrected chi connectivity index (χ2v) is 6.26. The van der Waals surface area contributed by atoms with Gasteiger partial charge >= 0.3 is 0 Å². The smallest absolute Gasteiger partial charge is 0.0299 e. The number of aryl methyl sites for hydroxylation is 1. The highest BCUT2D eigenvalue weighted by Gasteiger charge is 2.00. The molecule has 1 aromatic heterocycles. The van der Waals surface area contributed by atoms with Crippen LogP contribution >= 0.6 is 23.1 Å². The van der Waals surface area contributed by atoms with Gasteiger partial charge in [0.1, 0.15) is 0 Å². The van der Waals surface area contributed by atoms with Gasteiger partial charge in [-0.05, 0) is 37.8 Å². The molecule has 1 atom stereocenters. The highest BCUT2D eigenvalue weighted by Crippen LogP contribution is 2.16. The molecule has 1 N–H and O–H groups in total. The lowest BCUT2D eigenvalue weighted by molar-refractivity contribution is 0.653. The summed E-state index contributed by atoms with van der Waals surface area (Å²) in [6, 6.07) is 4.49. The van der Waals surface area contributed by atoms with Gasteiger partial charge in [0.15, 0.2) is 0 Å². The Balaban J connectivity index is 2.14. The maximum absolute atomic E-state index is 3.50. The first-order chi connectivity index (χ1) is 7.26. The second kappa shape index (κ2) is 7.31. The molecular weight excluding hydrogens is 222 g/mol. The third kappa shape index (κ3) is 5.05. The summed E-state index contributed by atoms with van der Waals surface area (Å²) in [4.78, 5) is 2.95. The largest absolute Gasteiger partial charge is 0.312 e. The van der Waals surface area contributed by atoms with Gasteiger partial charge in [0, 0.05) is 21.5 Å². The predicted octanol–water partition coefficient (Wildman–Crippen LogP) is 3.54. The molecule has 0 aromatic carbocycles. The van der Waals surface area contributed by atoms with E-state index in [4.69, 9.17) is 0 Å². The van der Waals surface area contributed by atoms with Gasteiger partial charge < -0.3 is 5.32 Å². The average Bonchev–Trinajstić information content (AvgIpc) is 2.72. The second-order valence-electron chi connectivity index (χ2n) is 3.73. The summed E-state index contributed by atoms with van der Waals surface area (Å²) in [7, 11) is 0. The number of hydrogen-bond acceptors (Lipinski definition) is 3. The number of thiophene rings is 1. The van der Waals surface area contributed by atoms with Crippen molar-refractivity contribution in [2.75, 3.05) is 12.8 Å². The molecule has 1 unspecified atom stereocenters. The summed E-state index contributed by atoms with van der Waals surface area (Å²) >= 11 is 3.87. The van der Waals surface area contributed by atoms with Crippen LogP contribution < -0.4 is 5.32 Å². The molecule has 0 saturated carbocycles. The van der Waals surface area contributed by atoms with Crippen LogP contribution in [0.15, 0.2) is 12.1 Å². The molecule has 0 aliphatic carbocycles. The van der Waals surface area contributed by atoms with Gasteiger partial charge in [0.25, 0.3) is 0 Å². The Bertz CT molecular complexity index is 270. The lowest BCUT2D eigenvalue weighted by Crippen LogP contribution is -2.16. The average molecular weight is 243 g/mol. The van der Waals surface area contributed by atoms with Crippen LogP contribution in [-0.4, -0.2) is 18.1 Å². The highest BCUT2D eigenvalue weighted by atomic mass is 32.2. The Labute approximate surface area is 102 Å². The van der Waals surface area contributed by atoms with Gasteiger partial charge in [0.2, 0.25) is 0 Å². The zero-order valence-corrected chi connectivity index (χ0v) is 11.5. The van der Waals surface area contributed by atoms with Crippen LogP contribution in [-0.2, 0) is 13.0 Å². The van der Waals surface area contributed by atoms with Crippen LogP contribution in [0.1, 0.15) is 30.0 Å². The third-order valence-corrected chi connectivity index (χ3v) is 4.77. The van der Waals surface area contributed by atoms with Crippen molar-refractivity contribution in [3.05, 3.63) is 21.9 Å². The van der Waals surface area contributed by atoms with Crippen LogP contribution in [0.3, 0.4) is 0 Å². The molecule has 1 rings (SSSR count). The topological polar surface area (TPSA) is 12.0 Å². The van der Waals surface area contributed by atoms with E-state index in [-0.39, 0.29) is 0 Å². The molecule has 0 radical (unpaired) electrons. The number of rotatable bonds is 7. The maximum atomic E-state index is 3.50. The van der Waals surface area contributed by atoms with Crippen molar-refractivity contribution >= 4 is 23.1 Å². The van der Waals surface area contributed by atoms with Crippen LogP contribution in [0.4, 0.5) is 0 Å². The molecular formula is C12H21NS2. The van der Waals surface area contributed by atoms with E-state index in [0.717, 1.165) is 24.8 Å². The van der Waals surface area contributed by atoms with E-state index in [2.05, 4.69) is 37.6 Å². The molecule has 15 heavy (non-hydrogen) atoms.